The zero-order valence-electron chi connectivity index (χ0n) is 9.38. The van der Waals surface area contributed by atoms with E-state index in [1.54, 1.807) is 0 Å². The summed E-state index contributed by atoms with van der Waals surface area (Å²) < 4.78 is 1.03. The summed E-state index contributed by atoms with van der Waals surface area (Å²) in [6.45, 7) is 2.14. The quantitative estimate of drug-likeness (QED) is 0.842. The van der Waals surface area contributed by atoms with Crippen molar-refractivity contribution >= 4 is 21.7 Å². The molecule has 1 fully saturated rings. The van der Waals surface area contributed by atoms with Gasteiger partial charge in [-0.25, -0.2) is 4.98 Å². The van der Waals surface area contributed by atoms with Crippen molar-refractivity contribution in [1.29, 1.82) is 0 Å². The van der Waals surface area contributed by atoms with Crippen LogP contribution in [0.15, 0.2) is 53.1 Å². The lowest BCUT2D eigenvalue weighted by Gasteiger charge is -2.40. The Hall–Kier alpha value is -1.35. The maximum absolute atomic E-state index is 4.41. The maximum Gasteiger partial charge on any atom is 0.128 e. The van der Waals surface area contributed by atoms with Crippen molar-refractivity contribution in [2.75, 3.05) is 18.0 Å². The first-order chi connectivity index (χ1) is 8.33. The van der Waals surface area contributed by atoms with Crippen molar-refractivity contribution in [1.82, 2.24) is 4.98 Å². The molecular weight excluding hydrogens is 276 g/mol. The van der Waals surface area contributed by atoms with Gasteiger partial charge in [0.25, 0.3) is 0 Å². The molecule has 1 aliphatic rings. The summed E-state index contributed by atoms with van der Waals surface area (Å²) in [7, 11) is 0. The van der Waals surface area contributed by atoms with E-state index < -0.39 is 0 Å². The number of pyridine rings is 1. The molecule has 3 heteroatoms. The van der Waals surface area contributed by atoms with E-state index in [4.69, 9.17) is 0 Å². The Morgan fingerprint density at radius 3 is 2.47 bits per heavy atom. The van der Waals surface area contributed by atoms with Gasteiger partial charge in [-0.05, 0) is 33.6 Å². The second-order valence-corrected chi connectivity index (χ2v) is 5.26. The van der Waals surface area contributed by atoms with E-state index >= 15 is 0 Å². The first-order valence-electron chi connectivity index (χ1n) is 5.74. The van der Waals surface area contributed by atoms with Gasteiger partial charge in [0, 0.05) is 29.7 Å². The fourth-order valence-corrected chi connectivity index (χ4v) is 2.39. The highest BCUT2D eigenvalue weighted by Gasteiger charge is 2.28. The largest absolute Gasteiger partial charge is 0.355 e. The summed E-state index contributed by atoms with van der Waals surface area (Å²) in [5, 5.41) is 0. The summed E-state index contributed by atoms with van der Waals surface area (Å²) >= 11 is 3.40. The predicted molar refractivity (Wildman–Crippen MR) is 73.3 cm³/mol. The van der Waals surface area contributed by atoms with Gasteiger partial charge in [-0.2, -0.15) is 0 Å². The Bertz CT molecular complexity index is 489. The van der Waals surface area contributed by atoms with Gasteiger partial charge < -0.3 is 4.90 Å². The molecule has 86 valence electrons. The topological polar surface area (TPSA) is 16.1 Å². The van der Waals surface area contributed by atoms with Gasteiger partial charge in [0.15, 0.2) is 0 Å². The fraction of sp³-hybridized carbons (Fsp3) is 0.214. The molecule has 1 aromatic carbocycles. The van der Waals surface area contributed by atoms with E-state index in [0.717, 1.165) is 23.4 Å². The van der Waals surface area contributed by atoms with Crippen molar-refractivity contribution in [2.45, 2.75) is 5.92 Å². The Balaban J connectivity index is 1.67. The molecule has 0 bridgehead atoms. The maximum atomic E-state index is 4.41. The molecule has 0 aliphatic carbocycles. The standard InChI is InChI=1S/C14H13BrN2/c15-13-6-7-14(16-8-13)17-9-12(10-17)11-4-2-1-3-5-11/h1-8,12H,9-10H2. The number of aromatic nitrogens is 1. The van der Waals surface area contributed by atoms with Gasteiger partial charge >= 0.3 is 0 Å². The van der Waals surface area contributed by atoms with Crippen molar-refractivity contribution < 1.29 is 0 Å². The Morgan fingerprint density at radius 1 is 1.06 bits per heavy atom. The van der Waals surface area contributed by atoms with Crippen LogP contribution in [0, 0.1) is 0 Å². The zero-order chi connectivity index (χ0) is 11.7. The first kappa shape index (κ1) is 10.8. The molecule has 2 aromatic rings. The van der Waals surface area contributed by atoms with Crippen LogP contribution < -0.4 is 4.90 Å². The number of hydrogen-bond acceptors (Lipinski definition) is 2. The van der Waals surface area contributed by atoms with Gasteiger partial charge in [-0.15, -0.1) is 0 Å². The first-order valence-corrected chi connectivity index (χ1v) is 6.54. The van der Waals surface area contributed by atoms with Crippen LogP contribution in [0.4, 0.5) is 5.82 Å². The monoisotopic (exact) mass is 288 g/mol. The third-order valence-electron chi connectivity index (χ3n) is 3.19. The van der Waals surface area contributed by atoms with Gasteiger partial charge in [-0.3, -0.25) is 0 Å². The van der Waals surface area contributed by atoms with Crippen molar-refractivity contribution in [3.8, 4) is 0 Å². The summed E-state index contributed by atoms with van der Waals surface area (Å²) in [6, 6.07) is 14.8. The second kappa shape index (κ2) is 4.49. The van der Waals surface area contributed by atoms with E-state index in [9.17, 15) is 0 Å². The van der Waals surface area contributed by atoms with Crippen molar-refractivity contribution in [3.63, 3.8) is 0 Å². The normalized spacial score (nSPS) is 15.7. The lowest BCUT2D eigenvalue weighted by Crippen LogP contribution is -2.45. The van der Waals surface area contributed by atoms with Crippen LogP contribution in [-0.4, -0.2) is 18.1 Å². The molecule has 0 spiro atoms. The minimum absolute atomic E-state index is 0.654. The zero-order valence-corrected chi connectivity index (χ0v) is 11.0. The molecule has 2 heterocycles. The Kier molecular flexibility index (Phi) is 2.85. The van der Waals surface area contributed by atoms with Crippen LogP contribution in [0.3, 0.4) is 0 Å². The fourth-order valence-electron chi connectivity index (χ4n) is 2.16. The SMILES string of the molecule is Brc1ccc(N2CC(c3ccccc3)C2)nc1. The lowest BCUT2D eigenvalue weighted by molar-refractivity contribution is 0.520. The highest BCUT2D eigenvalue weighted by Crippen LogP contribution is 2.30. The third-order valence-corrected chi connectivity index (χ3v) is 3.66. The molecule has 0 saturated carbocycles. The molecule has 1 aromatic heterocycles. The highest BCUT2D eigenvalue weighted by atomic mass is 79.9. The van der Waals surface area contributed by atoms with Gasteiger partial charge in [0.1, 0.15) is 5.82 Å². The van der Waals surface area contributed by atoms with E-state index in [0.29, 0.717) is 5.92 Å². The minimum atomic E-state index is 0.654. The van der Waals surface area contributed by atoms with Crippen LogP contribution in [-0.2, 0) is 0 Å². The van der Waals surface area contributed by atoms with Gasteiger partial charge in [0.2, 0.25) is 0 Å². The van der Waals surface area contributed by atoms with Crippen LogP contribution in [0.2, 0.25) is 0 Å². The summed E-state index contributed by atoms with van der Waals surface area (Å²) in [5.41, 5.74) is 1.43. The Labute approximate surface area is 109 Å². The predicted octanol–water partition coefficient (Wildman–Crippen LogP) is 3.45. The molecule has 0 unspecified atom stereocenters. The number of rotatable bonds is 2. The Morgan fingerprint density at radius 2 is 1.82 bits per heavy atom. The molecule has 0 N–H and O–H groups in total. The van der Waals surface area contributed by atoms with Crippen LogP contribution >= 0.6 is 15.9 Å². The molecule has 17 heavy (non-hydrogen) atoms. The molecule has 2 nitrogen and oxygen atoms in total. The molecule has 0 amide bonds. The molecular formula is C14H13BrN2. The highest BCUT2D eigenvalue weighted by molar-refractivity contribution is 9.10. The van der Waals surface area contributed by atoms with Crippen LogP contribution in [0.1, 0.15) is 11.5 Å². The average molecular weight is 289 g/mol. The molecule has 0 radical (unpaired) electrons. The van der Waals surface area contributed by atoms with E-state index in [1.165, 1.54) is 5.56 Å². The van der Waals surface area contributed by atoms with Gasteiger partial charge in [-0.1, -0.05) is 30.3 Å². The van der Waals surface area contributed by atoms with Crippen LogP contribution in [0.5, 0.6) is 0 Å². The molecule has 1 saturated heterocycles. The van der Waals surface area contributed by atoms with E-state index in [1.807, 2.05) is 12.3 Å². The molecule has 0 atom stereocenters. The van der Waals surface area contributed by atoms with E-state index in [-0.39, 0.29) is 0 Å². The van der Waals surface area contributed by atoms with Crippen molar-refractivity contribution in [3.05, 3.63) is 58.7 Å². The number of anilines is 1. The van der Waals surface area contributed by atoms with Gasteiger partial charge in [0.05, 0.1) is 0 Å². The molecule has 1 aliphatic heterocycles. The lowest BCUT2D eigenvalue weighted by atomic mass is 9.91. The second-order valence-electron chi connectivity index (χ2n) is 4.35. The summed E-state index contributed by atoms with van der Waals surface area (Å²) in [6.07, 6.45) is 1.85. The number of nitrogens with zero attached hydrogens (tertiary/aromatic N) is 2. The van der Waals surface area contributed by atoms with Crippen molar-refractivity contribution in [2.24, 2.45) is 0 Å². The van der Waals surface area contributed by atoms with Crippen LogP contribution in [0.25, 0.3) is 0 Å². The third kappa shape index (κ3) is 2.20. The average Bonchev–Trinajstić information content (AvgIpc) is 2.31. The summed E-state index contributed by atoms with van der Waals surface area (Å²) in [5.74, 6) is 1.72. The number of halogens is 1. The minimum Gasteiger partial charge on any atom is -0.355 e. The smallest absolute Gasteiger partial charge is 0.128 e. The number of benzene rings is 1. The molecule has 3 rings (SSSR count). The van der Waals surface area contributed by atoms with E-state index in [2.05, 4.69) is 62.2 Å². The number of hydrogen-bond donors (Lipinski definition) is 0. The summed E-state index contributed by atoms with van der Waals surface area (Å²) in [4.78, 5) is 6.72.